The zero-order chi connectivity index (χ0) is 27.3. The highest BCUT2D eigenvalue weighted by Crippen LogP contribution is 2.33. The van der Waals surface area contributed by atoms with E-state index in [0.717, 1.165) is 16.7 Å². The summed E-state index contributed by atoms with van der Waals surface area (Å²) in [7, 11) is 2.44. The first kappa shape index (κ1) is 27.2. The number of ether oxygens (including phenoxy) is 2. The lowest BCUT2D eigenvalue weighted by Gasteiger charge is -2.15. The number of benzene rings is 2. The molecular formula is C25H22F4N2O6. The largest absolute Gasteiger partial charge is 0.502 e. The summed E-state index contributed by atoms with van der Waals surface area (Å²) in [6, 6.07) is 8.95. The van der Waals surface area contributed by atoms with Gasteiger partial charge in [0.25, 0.3) is 11.5 Å². The summed E-state index contributed by atoms with van der Waals surface area (Å²) in [6.07, 6.45) is -4.51. The first-order valence-electron chi connectivity index (χ1n) is 10.8. The zero-order valence-electron chi connectivity index (χ0n) is 19.7. The van der Waals surface area contributed by atoms with Crippen LogP contribution in [0.1, 0.15) is 32.7 Å². The summed E-state index contributed by atoms with van der Waals surface area (Å²) in [6.45, 7) is 0.246. The zero-order valence-corrected chi connectivity index (χ0v) is 19.7. The van der Waals surface area contributed by atoms with Gasteiger partial charge in [0, 0.05) is 19.2 Å². The number of carbonyl (C=O) groups excluding carboxylic acids is 2. The Balaban J connectivity index is 1.69. The third-order valence-electron chi connectivity index (χ3n) is 5.32. The quantitative estimate of drug-likeness (QED) is 0.264. The van der Waals surface area contributed by atoms with Crippen molar-refractivity contribution in [1.29, 1.82) is 0 Å². The third kappa shape index (κ3) is 6.46. The molecule has 12 heteroatoms. The molecule has 0 radical (unpaired) electrons. The van der Waals surface area contributed by atoms with E-state index in [1.54, 1.807) is 12.1 Å². The highest BCUT2D eigenvalue weighted by molar-refractivity contribution is 5.97. The molecule has 1 aromatic heterocycles. The molecule has 2 N–H and O–H groups in total. The van der Waals surface area contributed by atoms with Crippen LogP contribution < -0.4 is 15.6 Å². The lowest BCUT2D eigenvalue weighted by molar-refractivity contribution is -0.137. The fraction of sp³-hybridized carbons (Fsp3) is 0.240. The summed E-state index contributed by atoms with van der Waals surface area (Å²) in [5, 5.41) is 12.7. The van der Waals surface area contributed by atoms with E-state index < -0.39 is 46.3 Å². The van der Waals surface area contributed by atoms with E-state index >= 15 is 0 Å². The Morgan fingerprint density at radius 1 is 1.08 bits per heavy atom. The van der Waals surface area contributed by atoms with Crippen molar-refractivity contribution in [3.63, 3.8) is 0 Å². The van der Waals surface area contributed by atoms with Gasteiger partial charge in [-0.15, -0.1) is 0 Å². The highest BCUT2D eigenvalue weighted by atomic mass is 19.4. The molecule has 0 atom stereocenters. The fourth-order valence-corrected chi connectivity index (χ4v) is 3.40. The van der Waals surface area contributed by atoms with Crippen molar-refractivity contribution in [3.8, 4) is 22.8 Å². The predicted octanol–water partition coefficient (Wildman–Crippen LogP) is 3.90. The molecule has 0 aliphatic carbocycles. The van der Waals surface area contributed by atoms with Gasteiger partial charge in [0.2, 0.25) is 0 Å². The van der Waals surface area contributed by atoms with Crippen molar-refractivity contribution >= 4 is 11.9 Å². The van der Waals surface area contributed by atoms with Crippen molar-refractivity contribution in [2.24, 2.45) is 7.05 Å². The number of esters is 1. The number of aromatic hydroxyl groups is 1. The lowest BCUT2D eigenvalue weighted by atomic mass is 10.0. The molecule has 1 heterocycles. The summed E-state index contributed by atoms with van der Waals surface area (Å²) < 4.78 is 64.2. The molecule has 3 rings (SSSR count). The molecular weight excluding hydrogens is 500 g/mol. The van der Waals surface area contributed by atoms with Gasteiger partial charge in [-0.2, -0.15) is 13.2 Å². The smallest absolute Gasteiger partial charge is 0.416 e. The average Bonchev–Trinajstić information content (AvgIpc) is 2.86. The van der Waals surface area contributed by atoms with Crippen LogP contribution in [0.25, 0.3) is 11.3 Å². The van der Waals surface area contributed by atoms with Gasteiger partial charge in [0.05, 0.1) is 36.1 Å². The number of hydrogen-bond acceptors (Lipinski definition) is 6. The Hall–Kier alpha value is -4.35. The van der Waals surface area contributed by atoms with Gasteiger partial charge in [0.15, 0.2) is 5.75 Å². The van der Waals surface area contributed by atoms with Gasteiger partial charge < -0.3 is 24.5 Å². The number of alkyl halides is 3. The van der Waals surface area contributed by atoms with Gasteiger partial charge in [-0.05, 0) is 55.0 Å². The molecule has 196 valence electrons. The van der Waals surface area contributed by atoms with Gasteiger partial charge in [-0.1, -0.05) is 0 Å². The number of aromatic nitrogens is 1. The van der Waals surface area contributed by atoms with Crippen LogP contribution >= 0.6 is 0 Å². The van der Waals surface area contributed by atoms with Crippen molar-refractivity contribution < 1.29 is 41.7 Å². The molecule has 37 heavy (non-hydrogen) atoms. The van der Waals surface area contributed by atoms with Gasteiger partial charge >= 0.3 is 12.1 Å². The van der Waals surface area contributed by atoms with Crippen LogP contribution in [-0.2, 0) is 18.0 Å². The summed E-state index contributed by atoms with van der Waals surface area (Å²) >= 11 is 0. The van der Waals surface area contributed by atoms with Crippen molar-refractivity contribution in [1.82, 2.24) is 9.88 Å². The number of hydrogen-bond donors (Lipinski definition) is 2. The first-order valence-corrected chi connectivity index (χ1v) is 10.8. The van der Waals surface area contributed by atoms with Crippen molar-refractivity contribution in [2.75, 3.05) is 20.3 Å². The number of carbonyl (C=O) groups is 2. The molecule has 0 spiro atoms. The molecule has 1 amide bonds. The average molecular weight is 522 g/mol. The summed E-state index contributed by atoms with van der Waals surface area (Å²) in [4.78, 5) is 36.5. The number of amides is 1. The minimum absolute atomic E-state index is 0.0707. The van der Waals surface area contributed by atoms with Crippen molar-refractivity contribution in [3.05, 3.63) is 81.4 Å². The molecule has 0 aliphatic rings. The number of nitrogens with zero attached hydrogens (tertiary/aromatic N) is 1. The minimum Gasteiger partial charge on any atom is -0.502 e. The Kier molecular flexibility index (Phi) is 8.21. The second-order valence-corrected chi connectivity index (χ2v) is 7.86. The van der Waals surface area contributed by atoms with Crippen LogP contribution in [0.2, 0.25) is 0 Å². The Morgan fingerprint density at radius 2 is 1.76 bits per heavy atom. The predicted molar refractivity (Wildman–Crippen MR) is 124 cm³/mol. The summed E-state index contributed by atoms with van der Waals surface area (Å²) in [5.74, 6) is -2.96. The van der Waals surface area contributed by atoms with Crippen LogP contribution in [0.4, 0.5) is 17.6 Å². The highest BCUT2D eigenvalue weighted by Gasteiger charge is 2.32. The number of nitrogens with one attached hydrogen (secondary N) is 1. The van der Waals surface area contributed by atoms with E-state index in [-0.39, 0.29) is 24.4 Å². The molecule has 0 saturated carbocycles. The monoisotopic (exact) mass is 522 g/mol. The molecule has 0 fully saturated rings. The molecule has 8 nitrogen and oxygen atoms in total. The normalized spacial score (nSPS) is 11.2. The second-order valence-electron chi connectivity index (χ2n) is 7.86. The minimum atomic E-state index is -4.84. The number of halogens is 4. The van der Waals surface area contributed by atoms with E-state index in [2.05, 4.69) is 10.1 Å². The third-order valence-corrected chi connectivity index (χ3v) is 5.32. The second kappa shape index (κ2) is 11.1. The van der Waals surface area contributed by atoms with E-state index in [9.17, 15) is 37.1 Å². The Labute approximate surface area is 208 Å². The van der Waals surface area contributed by atoms with E-state index in [4.69, 9.17) is 4.74 Å². The topological polar surface area (TPSA) is 107 Å². The molecule has 0 bridgehead atoms. The molecule has 3 aromatic rings. The lowest BCUT2D eigenvalue weighted by Crippen LogP contribution is -2.29. The van der Waals surface area contributed by atoms with Crippen LogP contribution in [0.15, 0.2) is 53.3 Å². The number of methoxy groups -OCH3 is 1. The maximum Gasteiger partial charge on any atom is 0.416 e. The van der Waals surface area contributed by atoms with Crippen LogP contribution in [0.3, 0.4) is 0 Å². The molecule has 0 unspecified atom stereocenters. The number of pyridine rings is 1. The van der Waals surface area contributed by atoms with E-state index in [1.165, 1.54) is 26.3 Å². The molecule has 0 saturated heterocycles. The first-order chi connectivity index (χ1) is 17.4. The van der Waals surface area contributed by atoms with Gasteiger partial charge in [-0.25, -0.2) is 9.18 Å². The maximum atomic E-state index is 13.9. The van der Waals surface area contributed by atoms with Crippen LogP contribution in [-0.4, -0.2) is 41.8 Å². The van der Waals surface area contributed by atoms with Crippen LogP contribution in [0, 0.1) is 5.82 Å². The summed E-state index contributed by atoms with van der Waals surface area (Å²) in [5.41, 5.74) is -2.93. The number of rotatable bonds is 8. The SMILES string of the molecule is COC(=O)c1ccc(OCCCNC(=O)c2cc(-c3cc(F)cc(C(F)(F)F)c3)n(C)c(=O)c2O)cc1. The maximum absolute atomic E-state index is 13.9. The van der Waals surface area contributed by atoms with E-state index in [1.807, 2.05) is 0 Å². The molecule has 2 aromatic carbocycles. The van der Waals surface area contributed by atoms with Gasteiger partial charge in [-0.3, -0.25) is 9.59 Å². The van der Waals surface area contributed by atoms with Crippen LogP contribution in [0.5, 0.6) is 11.5 Å². The standard InChI is InChI=1S/C25H22F4N2O6/c1-31-20(15-10-16(25(27,28)29)12-17(26)11-15)13-19(21(32)23(31)34)22(33)30-8-3-9-37-18-6-4-14(5-7-18)24(35)36-2/h4-7,10-13,32H,3,8-9H2,1-2H3,(H,30,33). The fourth-order valence-electron chi connectivity index (χ4n) is 3.40. The van der Waals surface area contributed by atoms with E-state index in [0.29, 0.717) is 29.9 Å². The van der Waals surface area contributed by atoms with Gasteiger partial charge in [0.1, 0.15) is 11.6 Å². The Morgan fingerprint density at radius 3 is 2.38 bits per heavy atom. The molecule has 0 aliphatic heterocycles. The Bertz CT molecular complexity index is 1370. The van der Waals surface area contributed by atoms with Crippen molar-refractivity contribution in [2.45, 2.75) is 12.6 Å².